The molecule has 0 unspecified atom stereocenters. The molecule has 110 valence electrons. The van der Waals surface area contributed by atoms with Gasteiger partial charge in [-0.15, -0.1) is 0 Å². The molecule has 1 saturated heterocycles. The Morgan fingerprint density at radius 1 is 1.20 bits per heavy atom. The van der Waals surface area contributed by atoms with Gasteiger partial charge in [0, 0.05) is 32.2 Å². The lowest BCUT2D eigenvalue weighted by atomic mass is 10.1. The van der Waals surface area contributed by atoms with Crippen molar-refractivity contribution in [2.75, 3.05) is 31.9 Å². The number of benzene rings is 1. The SMILES string of the molecule is CC(C)N1CCN(C(=O)c2cc(F)cc(N)c2F)CC1. The number of hydrogen-bond donors (Lipinski definition) is 1. The molecule has 0 radical (unpaired) electrons. The molecule has 0 bridgehead atoms. The molecular weight excluding hydrogens is 264 g/mol. The van der Waals surface area contributed by atoms with E-state index in [4.69, 9.17) is 5.73 Å². The molecule has 1 amide bonds. The van der Waals surface area contributed by atoms with E-state index in [1.165, 1.54) is 4.90 Å². The van der Waals surface area contributed by atoms with Gasteiger partial charge in [-0.2, -0.15) is 0 Å². The van der Waals surface area contributed by atoms with Gasteiger partial charge in [-0.3, -0.25) is 9.69 Å². The van der Waals surface area contributed by atoms with Crippen LogP contribution in [0.4, 0.5) is 14.5 Å². The predicted octanol–water partition coefficient (Wildman–Crippen LogP) is 1.71. The fraction of sp³-hybridized carbons (Fsp3) is 0.500. The van der Waals surface area contributed by atoms with Crippen molar-refractivity contribution >= 4 is 11.6 Å². The Kier molecular flexibility index (Phi) is 4.23. The molecule has 2 rings (SSSR count). The lowest BCUT2D eigenvalue weighted by Gasteiger charge is -2.37. The Bertz CT molecular complexity index is 511. The summed E-state index contributed by atoms with van der Waals surface area (Å²) in [4.78, 5) is 16.0. The van der Waals surface area contributed by atoms with Crippen LogP contribution in [0.25, 0.3) is 0 Å². The highest BCUT2D eigenvalue weighted by Gasteiger charge is 2.26. The zero-order chi connectivity index (χ0) is 14.9. The maximum absolute atomic E-state index is 13.8. The van der Waals surface area contributed by atoms with Gasteiger partial charge in [0.05, 0.1) is 11.3 Å². The smallest absolute Gasteiger partial charge is 0.257 e. The van der Waals surface area contributed by atoms with Crippen LogP contribution in [0, 0.1) is 11.6 Å². The van der Waals surface area contributed by atoms with Crippen LogP contribution in [0.2, 0.25) is 0 Å². The molecule has 1 heterocycles. The zero-order valence-electron chi connectivity index (χ0n) is 11.7. The largest absolute Gasteiger partial charge is 0.396 e. The first kappa shape index (κ1) is 14.7. The number of halogens is 2. The average Bonchev–Trinajstić information content (AvgIpc) is 2.42. The lowest BCUT2D eigenvalue weighted by Crippen LogP contribution is -2.50. The topological polar surface area (TPSA) is 49.6 Å². The summed E-state index contributed by atoms with van der Waals surface area (Å²) in [5.74, 6) is -2.05. The average molecular weight is 283 g/mol. The highest BCUT2D eigenvalue weighted by atomic mass is 19.1. The second kappa shape index (κ2) is 5.75. The minimum Gasteiger partial charge on any atom is -0.396 e. The molecule has 4 nitrogen and oxygen atoms in total. The van der Waals surface area contributed by atoms with E-state index in [1.54, 1.807) is 0 Å². The van der Waals surface area contributed by atoms with Crippen molar-refractivity contribution in [1.29, 1.82) is 0 Å². The molecule has 0 atom stereocenters. The Morgan fingerprint density at radius 3 is 2.35 bits per heavy atom. The van der Waals surface area contributed by atoms with Gasteiger partial charge in [0.25, 0.3) is 5.91 Å². The van der Waals surface area contributed by atoms with Crippen molar-refractivity contribution in [2.45, 2.75) is 19.9 Å². The molecule has 1 aromatic carbocycles. The number of nitrogen functional groups attached to an aromatic ring is 1. The summed E-state index contributed by atoms with van der Waals surface area (Å²) in [7, 11) is 0. The van der Waals surface area contributed by atoms with Crippen molar-refractivity contribution in [1.82, 2.24) is 9.80 Å². The normalized spacial score (nSPS) is 16.8. The lowest BCUT2D eigenvalue weighted by molar-refractivity contribution is 0.0590. The number of piperazine rings is 1. The van der Waals surface area contributed by atoms with Crippen molar-refractivity contribution in [3.05, 3.63) is 29.3 Å². The first-order chi connectivity index (χ1) is 9.40. The molecule has 0 aliphatic carbocycles. The van der Waals surface area contributed by atoms with Gasteiger partial charge >= 0.3 is 0 Å². The molecule has 0 spiro atoms. The first-order valence-electron chi connectivity index (χ1n) is 6.68. The molecule has 1 aliphatic rings. The second-order valence-corrected chi connectivity index (χ2v) is 5.28. The van der Waals surface area contributed by atoms with Crippen molar-refractivity contribution < 1.29 is 13.6 Å². The fourth-order valence-corrected chi connectivity index (χ4v) is 2.38. The molecule has 0 saturated carbocycles. The highest BCUT2D eigenvalue weighted by Crippen LogP contribution is 2.20. The third kappa shape index (κ3) is 2.90. The van der Waals surface area contributed by atoms with E-state index in [9.17, 15) is 13.6 Å². The Morgan fingerprint density at radius 2 is 1.80 bits per heavy atom. The molecule has 1 aliphatic heterocycles. The predicted molar refractivity (Wildman–Crippen MR) is 73.4 cm³/mol. The van der Waals surface area contributed by atoms with Crippen molar-refractivity contribution in [2.24, 2.45) is 0 Å². The number of rotatable bonds is 2. The van der Waals surface area contributed by atoms with Crippen LogP contribution in [0.1, 0.15) is 24.2 Å². The molecule has 2 N–H and O–H groups in total. The molecule has 1 aromatic rings. The summed E-state index contributed by atoms with van der Waals surface area (Å²) >= 11 is 0. The van der Waals surface area contributed by atoms with Gasteiger partial charge in [-0.05, 0) is 26.0 Å². The standard InChI is InChI=1S/C14H19F2N3O/c1-9(2)18-3-5-19(6-4-18)14(20)11-7-10(15)8-12(17)13(11)16/h7-9H,3-6,17H2,1-2H3. The Labute approximate surface area is 117 Å². The van der Waals surface area contributed by atoms with Crippen LogP contribution in [0.5, 0.6) is 0 Å². The third-order valence-corrected chi connectivity index (χ3v) is 3.63. The van der Waals surface area contributed by atoms with Gasteiger partial charge < -0.3 is 10.6 Å². The number of anilines is 1. The number of nitrogens with two attached hydrogens (primary N) is 1. The van der Waals surface area contributed by atoms with Gasteiger partial charge in [-0.25, -0.2) is 8.78 Å². The molecule has 6 heteroatoms. The van der Waals surface area contributed by atoms with E-state index < -0.39 is 17.5 Å². The summed E-state index contributed by atoms with van der Waals surface area (Å²) in [6, 6.07) is 2.19. The Balaban J connectivity index is 2.13. The van der Waals surface area contributed by atoms with E-state index in [1.807, 2.05) is 0 Å². The Hall–Kier alpha value is -1.69. The number of nitrogens with zero attached hydrogens (tertiary/aromatic N) is 2. The molecular formula is C14H19F2N3O. The van der Waals surface area contributed by atoms with Crippen LogP contribution >= 0.6 is 0 Å². The van der Waals surface area contributed by atoms with Gasteiger partial charge in [0.15, 0.2) is 5.82 Å². The highest BCUT2D eigenvalue weighted by molar-refractivity contribution is 5.95. The fourth-order valence-electron chi connectivity index (χ4n) is 2.38. The number of carbonyl (C=O) groups excluding carboxylic acids is 1. The molecule has 0 aromatic heterocycles. The van der Waals surface area contributed by atoms with Crippen LogP contribution in [-0.2, 0) is 0 Å². The molecule has 20 heavy (non-hydrogen) atoms. The first-order valence-corrected chi connectivity index (χ1v) is 6.68. The quantitative estimate of drug-likeness (QED) is 0.841. The summed E-state index contributed by atoms with van der Waals surface area (Å²) < 4.78 is 27.1. The van der Waals surface area contributed by atoms with E-state index >= 15 is 0 Å². The van der Waals surface area contributed by atoms with Gasteiger partial charge in [-0.1, -0.05) is 0 Å². The minimum absolute atomic E-state index is 0.291. The third-order valence-electron chi connectivity index (χ3n) is 3.63. The monoisotopic (exact) mass is 283 g/mol. The van der Waals surface area contributed by atoms with E-state index in [0.717, 1.165) is 25.2 Å². The van der Waals surface area contributed by atoms with E-state index in [0.29, 0.717) is 19.1 Å². The number of amides is 1. The van der Waals surface area contributed by atoms with Gasteiger partial charge in [0.2, 0.25) is 0 Å². The summed E-state index contributed by atoms with van der Waals surface area (Å²) in [6.45, 7) is 6.65. The van der Waals surface area contributed by atoms with E-state index in [-0.39, 0.29) is 11.3 Å². The zero-order valence-corrected chi connectivity index (χ0v) is 11.7. The summed E-state index contributed by atoms with van der Waals surface area (Å²) in [5, 5.41) is 0. The minimum atomic E-state index is -0.845. The summed E-state index contributed by atoms with van der Waals surface area (Å²) in [5.41, 5.74) is 4.73. The molecule has 1 fully saturated rings. The van der Waals surface area contributed by atoms with Crippen LogP contribution < -0.4 is 5.73 Å². The van der Waals surface area contributed by atoms with Crippen LogP contribution in [0.15, 0.2) is 12.1 Å². The number of carbonyl (C=O) groups is 1. The van der Waals surface area contributed by atoms with Crippen LogP contribution in [0.3, 0.4) is 0 Å². The second-order valence-electron chi connectivity index (χ2n) is 5.28. The van der Waals surface area contributed by atoms with Crippen LogP contribution in [-0.4, -0.2) is 47.9 Å². The summed E-state index contributed by atoms with van der Waals surface area (Å²) in [6.07, 6.45) is 0. The maximum Gasteiger partial charge on any atom is 0.257 e. The van der Waals surface area contributed by atoms with Crippen molar-refractivity contribution in [3.63, 3.8) is 0 Å². The number of hydrogen-bond acceptors (Lipinski definition) is 3. The maximum atomic E-state index is 13.8. The van der Waals surface area contributed by atoms with Crippen molar-refractivity contribution in [3.8, 4) is 0 Å². The van der Waals surface area contributed by atoms with E-state index in [2.05, 4.69) is 18.7 Å². The van der Waals surface area contributed by atoms with Gasteiger partial charge in [0.1, 0.15) is 5.82 Å².